The standard InChI is InChI=1S/C12H17N5O3S/c1-2-9-13-10(20-16-9)7-21-12-15-14-11(18)17(12)6-8-4-3-5-19-8/h8H,2-7H2,1H3,(H,14,18). The zero-order chi connectivity index (χ0) is 14.7. The van der Waals surface area contributed by atoms with Gasteiger partial charge in [-0.25, -0.2) is 9.89 Å². The molecule has 0 spiro atoms. The molecule has 3 rings (SSSR count). The smallest absolute Gasteiger partial charge is 0.344 e. The van der Waals surface area contributed by atoms with Crippen molar-refractivity contribution in [3.63, 3.8) is 0 Å². The topological polar surface area (TPSA) is 98.8 Å². The first kappa shape index (κ1) is 14.3. The fourth-order valence-corrected chi connectivity index (χ4v) is 2.98. The third kappa shape index (κ3) is 3.35. The number of ether oxygens (including phenoxy) is 1. The molecule has 3 heterocycles. The molecule has 8 nitrogen and oxygen atoms in total. The lowest BCUT2D eigenvalue weighted by Crippen LogP contribution is -2.24. The molecule has 2 aromatic rings. The van der Waals surface area contributed by atoms with Gasteiger partial charge in [-0.05, 0) is 12.8 Å². The largest absolute Gasteiger partial charge is 0.376 e. The van der Waals surface area contributed by atoms with Gasteiger partial charge in [0, 0.05) is 13.0 Å². The second-order valence-electron chi connectivity index (χ2n) is 4.80. The van der Waals surface area contributed by atoms with E-state index in [0.717, 1.165) is 25.9 Å². The maximum Gasteiger partial charge on any atom is 0.344 e. The van der Waals surface area contributed by atoms with E-state index in [1.165, 1.54) is 11.8 Å². The maximum atomic E-state index is 11.8. The summed E-state index contributed by atoms with van der Waals surface area (Å²) in [6.45, 7) is 3.26. The number of aromatic nitrogens is 5. The Morgan fingerprint density at radius 2 is 2.43 bits per heavy atom. The second-order valence-corrected chi connectivity index (χ2v) is 5.75. The van der Waals surface area contributed by atoms with Crippen molar-refractivity contribution in [2.75, 3.05) is 6.61 Å². The molecule has 1 N–H and O–H groups in total. The lowest BCUT2D eigenvalue weighted by atomic mass is 10.2. The number of nitrogens with zero attached hydrogens (tertiary/aromatic N) is 4. The predicted molar refractivity (Wildman–Crippen MR) is 75.1 cm³/mol. The molecule has 1 saturated heterocycles. The Balaban J connectivity index is 1.66. The highest BCUT2D eigenvalue weighted by Crippen LogP contribution is 2.21. The van der Waals surface area contributed by atoms with Crippen LogP contribution in [-0.4, -0.2) is 37.6 Å². The molecule has 0 aliphatic carbocycles. The van der Waals surface area contributed by atoms with Crippen molar-refractivity contribution in [2.24, 2.45) is 0 Å². The first-order valence-corrected chi connectivity index (χ1v) is 7.96. The summed E-state index contributed by atoms with van der Waals surface area (Å²) in [5, 5.41) is 11.0. The molecule has 1 aliphatic rings. The molecule has 0 saturated carbocycles. The van der Waals surface area contributed by atoms with E-state index in [9.17, 15) is 4.79 Å². The highest BCUT2D eigenvalue weighted by atomic mass is 32.2. The van der Waals surface area contributed by atoms with Crippen LogP contribution in [0, 0.1) is 0 Å². The zero-order valence-electron chi connectivity index (χ0n) is 11.7. The summed E-state index contributed by atoms with van der Waals surface area (Å²) in [7, 11) is 0. The average Bonchev–Trinajstić information content (AvgIpc) is 3.21. The van der Waals surface area contributed by atoms with Crippen molar-refractivity contribution in [2.45, 2.75) is 49.7 Å². The number of thioether (sulfide) groups is 1. The van der Waals surface area contributed by atoms with Gasteiger partial charge in [0.1, 0.15) is 0 Å². The molecule has 21 heavy (non-hydrogen) atoms. The van der Waals surface area contributed by atoms with E-state index in [-0.39, 0.29) is 11.8 Å². The van der Waals surface area contributed by atoms with Crippen molar-refractivity contribution in [3.05, 3.63) is 22.2 Å². The van der Waals surface area contributed by atoms with E-state index in [1.54, 1.807) is 4.57 Å². The Morgan fingerprint density at radius 1 is 1.52 bits per heavy atom. The van der Waals surface area contributed by atoms with Crippen LogP contribution < -0.4 is 5.69 Å². The number of hydrogen-bond acceptors (Lipinski definition) is 7. The number of nitrogens with one attached hydrogen (secondary N) is 1. The molecule has 0 aromatic carbocycles. The second kappa shape index (κ2) is 6.44. The van der Waals surface area contributed by atoms with Crippen LogP contribution in [0.1, 0.15) is 31.5 Å². The third-order valence-electron chi connectivity index (χ3n) is 3.28. The van der Waals surface area contributed by atoms with E-state index >= 15 is 0 Å². The van der Waals surface area contributed by atoms with E-state index in [4.69, 9.17) is 9.26 Å². The minimum atomic E-state index is -0.215. The van der Waals surface area contributed by atoms with Gasteiger partial charge in [-0.2, -0.15) is 4.98 Å². The quantitative estimate of drug-likeness (QED) is 0.794. The summed E-state index contributed by atoms with van der Waals surface area (Å²) < 4.78 is 12.3. The van der Waals surface area contributed by atoms with Crippen LogP contribution >= 0.6 is 11.8 Å². The van der Waals surface area contributed by atoms with Crippen molar-refractivity contribution in [1.82, 2.24) is 24.9 Å². The minimum absolute atomic E-state index is 0.0924. The van der Waals surface area contributed by atoms with Gasteiger partial charge in [-0.15, -0.1) is 5.10 Å². The number of aromatic amines is 1. The Morgan fingerprint density at radius 3 is 3.14 bits per heavy atom. The summed E-state index contributed by atoms with van der Waals surface area (Å²) in [6.07, 6.45) is 2.85. The van der Waals surface area contributed by atoms with Crippen LogP contribution in [0.4, 0.5) is 0 Å². The predicted octanol–water partition coefficient (Wildman–Crippen LogP) is 0.988. The maximum absolute atomic E-state index is 11.8. The molecule has 1 fully saturated rings. The molecular weight excluding hydrogens is 294 g/mol. The van der Waals surface area contributed by atoms with Gasteiger partial charge >= 0.3 is 5.69 Å². The summed E-state index contributed by atoms with van der Waals surface area (Å²) in [4.78, 5) is 16.0. The Bertz CT molecular complexity index is 643. The molecule has 114 valence electrons. The zero-order valence-corrected chi connectivity index (χ0v) is 12.6. The molecule has 0 bridgehead atoms. The lowest BCUT2D eigenvalue weighted by molar-refractivity contribution is 0.0941. The van der Waals surface area contributed by atoms with E-state index in [1.807, 2.05) is 6.92 Å². The van der Waals surface area contributed by atoms with Gasteiger partial charge < -0.3 is 9.26 Å². The number of aryl methyl sites for hydroxylation is 1. The van der Waals surface area contributed by atoms with Crippen LogP contribution in [0.25, 0.3) is 0 Å². The summed E-state index contributed by atoms with van der Waals surface area (Å²) in [5.41, 5.74) is -0.215. The van der Waals surface area contributed by atoms with Crippen LogP contribution in [0.5, 0.6) is 0 Å². The van der Waals surface area contributed by atoms with E-state index < -0.39 is 0 Å². The monoisotopic (exact) mass is 311 g/mol. The molecule has 1 unspecified atom stereocenters. The summed E-state index contributed by atoms with van der Waals surface area (Å²) in [6, 6.07) is 0. The molecule has 2 aromatic heterocycles. The molecule has 1 aliphatic heterocycles. The SMILES string of the molecule is CCc1noc(CSc2n[nH]c(=O)n2CC2CCCO2)n1. The Kier molecular flexibility index (Phi) is 4.39. The Hall–Kier alpha value is -1.61. The van der Waals surface area contributed by atoms with Crippen LogP contribution in [0.2, 0.25) is 0 Å². The first-order valence-electron chi connectivity index (χ1n) is 6.97. The van der Waals surface area contributed by atoms with Gasteiger partial charge in [0.15, 0.2) is 11.0 Å². The van der Waals surface area contributed by atoms with Gasteiger partial charge in [-0.3, -0.25) is 4.57 Å². The average molecular weight is 311 g/mol. The molecule has 0 radical (unpaired) electrons. The van der Waals surface area contributed by atoms with Crippen molar-refractivity contribution < 1.29 is 9.26 Å². The van der Waals surface area contributed by atoms with Crippen molar-refractivity contribution in [3.8, 4) is 0 Å². The normalized spacial score (nSPS) is 18.4. The van der Waals surface area contributed by atoms with Crippen molar-refractivity contribution in [1.29, 1.82) is 0 Å². The van der Waals surface area contributed by atoms with Crippen LogP contribution in [0.15, 0.2) is 14.5 Å². The fourth-order valence-electron chi connectivity index (χ4n) is 2.19. The Labute approximate surface area is 125 Å². The van der Waals surface area contributed by atoms with Crippen LogP contribution in [0.3, 0.4) is 0 Å². The lowest BCUT2D eigenvalue weighted by Gasteiger charge is -2.10. The van der Waals surface area contributed by atoms with E-state index in [2.05, 4.69) is 20.3 Å². The summed E-state index contributed by atoms with van der Waals surface area (Å²) in [5.74, 6) is 1.71. The van der Waals surface area contributed by atoms with Gasteiger partial charge in [0.25, 0.3) is 0 Å². The van der Waals surface area contributed by atoms with Gasteiger partial charge in [0.05, 0.1) is 18.4 Å². The molecular formula is C12H17N5O3S. The van der Waals surface area contributed by atoms with Crippen molar-refractivity contribution >= 4 is 11.8 Å². The highest BCUT2D eigenvalue weighted by Gasteiger charge is 2.20. The van der Waals surface area contributed by atoms with E-state index in [0.29, 0.717) is 29.2 Å². The number of hydrogen-bond donors (Lipinski definition) is 1. The van der Waals surface area contributed by atoms with Gasteiger partial charge in [-0.1, -0.05) is 23.8 Å². The van der Waals surface area contributed by atoms with Crippen LogP contribution in [-0.2, 0) is 23.5 Å². The first-order chi connectivity index (χ1) is 10.3. The number of H-pyrrole nitrogens is 1. The molecule has 1 atom stereocenters. The number of rotatable bonds is 6. The van der Waals surface area contributed by atoms with Gasteiger partial charge in [0.2, 0.25) is 5.89 Å². The summed E-state index contributed by atoms with van der Waals surface area (Å²) >= 11 is 1.40. The third-order valence-corrected chi connectivity index (χ3v) is 4.25. The molecule has 9 heteroatoms. The fraction of sp³-hybridized carbons (Fsp3) is 0.667. The minimum Gasteiger partial charge on any atom is -0.376 e. The molecule has 0 amide bonds. The highest BCUT2D eigenvalue weighted by molar-refractivity contribution is 7.98.